The average molecular weight is 439 g/mol. The number of carbonyl (C=O) groups excluding carboxylic acids is 1. The van der Waals surface area contributed by atoms with Crippen molar-refractivity contribution in [2.45, 2.75) is 5.16 Å². The molecule has 0 unspecified atom stereocenters. The zero-order valence-electron chi connectivity index (χ0n) is 15.6. The van der Waals surface area contributed by atoms with E-state index in [1.165, 1.54) is 30.0 Å². The summed E-state index contributed by atoms with van der Waals surface area (Å²) in [7, 11) is 0. The van der Waals surface area contributed by atoms with E-state index in [0.29, 0.717) is 16.7 Å². The van der Waals surface area contributed by atoms with Crippen molar-refractivity contribution in [3.63, 3.8) is 0 Å². The fourth-order valence-electron chi connectivity index (χ4n) is 2.77. The molecule has 0 radical (unpaired) electrons. The first-order chi connectivity index (χ1) is 14.6. The molecule has 0 fully saturated rings. The Morgan fingerprint density at radius 1 is 0.967 bits per heavy atom. The lowest BCUT2D eigenvalue weighted by atomic mass is 10.2. The van der Waals surface area contributed by atoms with Crippen molar-refractivity contribution in [3.05, 3.63) is 83.6 Å². The summed E-state index contributed by atoms with van der Waals surface area (Å²) in [5, 5.41) is 7.31. The number of thioether (sulfide) groups is 1. The molecule has 0 atom stereocenters. The van der Waals surface area contributed by atoms with Crippen LogP contribution in [0.25, 0.3) is 10.9 Å². The number of hydrogen-bond acceptors (Lipinski definition) is 5. The number of carbonyl (C=O) groups is 1. The quantitative estimate of drug-likeness (QED) is 0.290. The van der Waals surface area contributed by atoms with Gasteiger partial charge in [0.25, 0.3) is 0 Å². The van der Waals surface area contributed by atoms with E-state index >= 15 is 0 Å². The van der Waals surface area contributed by atoms with Gasteiger partial charge in [-0.05, 0) is 42.5 Å². The molecule has 8 heteroatoms. The third-order valence-corrected chi connectivity index (χ3v) is 5.29. The lowest BCUT2D eigenvalue weighted by molar-refractivity contribution is -0.113. The minimum atomic E-state index is -0.535. The number of anilines is 3. The Morgan fingerprint density at radius 2 is 1.73 bits per heavy atom. The summed E-state index contributed by atoms with van der Waals surface area (Å²) >= 11 is 6.96. The first kappa shape index (κ1) is 20.1. The van der Waals surface area contributed by atoms with Crippen LogP contribution in [0.4, 0.5) is 21.6 Å². The number of fused-ring (bicyclic) bond motifs is 1. The highest BCUT2D eigenvalue weighted by atomic mass is 35.5. The topological polar surface area (TPSA) is 66.9 Å². The Balaban J connectivity index is 1.51. The highest BCUT2D eigenvalue weighted by Crippen LogP contribution is 2.27. The monoisotopic (exact) mass is 438 g/mol. The number of hydrogen-bond donors (Lipinski definition) is 2. The summed E-state index contributed by atoms with van der Waals surface area (Å²) in [6.07, 6.45) is 0. The van der Waals surface area contributed by atoms with Gasteiger partial charge in [-0.15, -0.1) is 0 Å². The molecule has 150 valence electrons. The molecule has 1 amide bonds. The molecule has 0 aliphatic heterocycles. The van der Waals surface area contributed by atoms with Gasteiger partial charge in [0.05, 0.1) is 16.3 Å². The minimum Gasteiger partial charge on any atom is -0.340 e. The van der Waals surface area contributed by atoms with E-state index in [0.717, 1.165) is 16.6 Å². The first-order valence-electron chi connectivity index (χ1n) is 9.05. The summed E-state index contributed by atoms with van der Waals surface area (Å²) < 4.78 is 13.3. The number of amides is 1. The maximum atomic E-state index is 13.3. The summed E-state index contributed by atoms with van der Waals surface area (Å²) in [4.78, 5) is 21.4. The molecule has 1 aromatic heterocycles. The minimum absolute atomic E-state index is 0.0463. The van der Waals surface area contributed by atoms with Crippen LogP contribution in [0.15, 0.2) is 78.0 Å². The second kappa shape index (κ2) is 9.11. The van der Waals surface area contributed by atoms with Crippen LogP contribution in [-0.2, 0) is 4.79 Å². The van der Waals surface area contributed by atoms with E-state index in [2.05, 4.69) is 20.6 Å². The maximum Gasteiger partial charge on any atom is 0.234 e. The van der Waals surface area contributed by atoms with E-state index in [4.69, 9.17) is 11.6 Å². The van der Waals surface area contributed by atoms with E-state index in [1.54, 1.807) is 0 Å². The van der Waals surface area contributed by atoms with E-state index in [-0.39, 0.29) is 16.7 Å². The van der Waals surface area contributed by atoms with Crippen molar-refractivity contribution in [1.29, 1.82) is 0 Å². The van der Waals surface area contributed by atoms with Gasteiger partial charge in [-0.3, -0.25) is 4.79 Å². The molecule has 4 rings (SSSR count). The molecule has 1 heterocycles. The normalized spacial score (nSPS) is 10.7. The molecule has 0 saturated heterocycles. The largest absolute Gasteiger partial charge is 0.340 e. The molecule has 2 N–H and O–H groups in total. The third-order valence-electron chi connectivity index (χ3n) is 4.15. The summed E-state index contributed by atoms with van der Waals surface area (Å²) in [5.41, 5.74) is 2.11. The lowest BCUT2D eigenvalue weighted by Crippen LogP contribution is -2.14. The predicted molar refractivity (Wildman–Crippen MR) is 120 cm³/mol. The SMILES string of the molecule is O=C(CSc1nc(Nc2ccccc2)c2ccccc2n1)Nc1ccc(F)c(Cl)c1. The zero-order valence-corrected chi connectivity index (χ0v) is 17.2. The summed E-state index contributed by atoms with van der Waals surface area (Å²) in [5.74, 6) is -0.0398. The molecule has 0 saturated carbocycles. The van der Waals surface area contributed by atoms with Crippen molar-refractivity contribution >= 4 is 57.4 Å². The van der Waals surface area contributed by atoms with Crippen LogP contribution in [0, 0.1) is 5.82 Å². The molecule has 3 aromatic carbocycles. The van der Waals surface area contributed by atoms with E-state index < -0.39 is 5.82 Å². The maximum absolute atomic E-state index is 13.3. The Bertz CT molecular complexity index is 1210. The van der Waals surface area contributed by atoms with Crippen molar-refractivity contribution < 1.29 is 9.18 Å². The molecule has 0 aliphatic carbocycles. The Labute approximate surface area is 181 Å². The van der Waals surface area contributed by atoms with Gasteiger partial charge in [0.2, 0.25) is 5.91 Å². The molecule has 5 nitrogen and oxygen atoms in total. The summed E-state index contributed by atoms with van der Waals surface area (Å²) in [6, 6.07) is 21.4. The van der Waals surface area contributed by atoms with Crippen LogP contribution in [0.5, 0.6) is 0 Å². The first-order valence-corrected chi connectivity index (χ1v) is 10.4. The van der Waals surface area contributed by atoms with Crippen LogP contribution < -0.4 is 10.6 Å². The van der Waals surface area contributed by atoms with Gasteiger partial charge in [-0.2, -0.15) is 0 Å². The fourth-order valence-corrected chi connectivity index (χ4v) is 3.61. The van der Waals surface area contributed by atoms with Gasteiger partial charge >= 0.3 is 0 Å². The Hall–Kier alpha value is -3.16. The number of benzene rings is 3. The third kappa shape index (κ3) is 4.87. The Kier molecular flexibility index (Phi) is 6.11. The molecule has 30 heavy (non-hydrogen) atoms. The van der Waals surface area contributed by atoms with Crippen molar-refractivity contribution in [2.24, 2.45) is 0 Å². The van der Waals surface area contributed by atoms with Gasteiger partial charge < -0.3 is 10.6 Å². The van der Waals surface area contributed by atoms with Crippen LogP contribution in [-0.4, -0.2) is 21.6 Å². The van der Waals surface area contributed by atoms with Gasteiger partial charge in [0.1, 0.15) is 11.6 Å². The Morgan fingerprint density at radius 3 is 2.53 bits per heavy atom. The molecular formula is C22H16ClFN4OS. The van der Waals surface area contributed by atoms with Crippen molar-refractivity contribution in [3.8, 4) is 0 Å². The van der Waals surface area contributed by atoms with E-state index in [9.17, 15) is 9.18 Å². The van der Waals surface area contributed by atoms with Gasteiger partial charge in [0.15, 0.2) is 5.16 Å². The molecular weight excluding hydrogens is 423 g/mol. The van der Waals surface area contributed by atoms with Crippen LogP contribution in [0.1, 0.15) is 0 Å². The summed E-state index contributed by atoms with van der Waals surface area (Å²) in [6.45, 7) is 0. The highest BCUT2D eigenvalue weighted by Gasteiger charge is 2.11. The number of para-hydroxylation sites is 2. The van der Waals surface area contributed by atoms with E-state index in [1.807, 2.05) is 54.6 Å². The number of halogens is 2. The average Bonchev–Trinajstić information content (AvgIpc) is 2.76. The standard InChI is InChI=1S/C22H16ClFN4OS/c23-17-12-15(10-11-18(17)24)25-20(29)13-30-22-27-19-9-5-4-8-16(19)21(28-22)26-14-6-2-1-3-7-14/h1-12H,13H2,(H,25,29)(H,26,27,28). The predicted octanol–water partition coefficient (Wildman–Crippen LogP) is 5.90. The molecule has 0 spiro atoms. The van der Waals surface area contributed by atoms with Gasteiger partial charge in [0, 0.05) is 16.8 Å². The van der Waals surface area contributed by atoms with Crippen LogP contribution >= 0.6 is 23.4 Å². The molecule has 0 bridgehead atoms. The smallest absolute Gasteiger partial charge is 0.234 e. The highest BCUT2D eigenvalue weighted by molar-refractivity contribution is 7.99. The van der Waals surface area contributed by atoms with Crippen molar-refractivity contribution in [1.82, 2.24) is 9.97 Å². The molecule has 4 aromatic rings. The van der Waals surface area contributed by atoms with Gasteiger partial charge in [-0.25, -0.2) is 14.4 Å². The van der Waals surface area contributed by atoms with Crippen LogP contribution in [0.3, 0.4) is 0 Å². The second-order valence-electron chi connectivity index (χ2n) is 6.33. The second-order valence-corrected chi connectivity index (χ2v) is 7.68. The lowest BCUT2D eigenvalue weighted by Gasteiger charge is -2.11. The zero-order chi connectivity index (χ0) is 20.9. The van der Waals surface area contributed by atoms with Crippen molar-refractivity contribution in [2.75, 3.05) is 16.4 Å². The number of nitrogens with one attached hydrogen (secondary N) is 2. The van der Waals surface area contributed by atoms with Crippen LogP contribution in [0.2, 0.25) is 5.02 Å². The number of rotatable bonds is 6. The van der Waals surface area contributed by atoms with Gasteiger partial charge in [-0.1, -0.05) is 53.7 Å². The number of nitrogens with zero attached hydrogens (tertiary/aromatic N) is 2. The molecule has 0 aliphatic rings. The fraction of sp³-hybridized carbons (Fsp3) is 0.0455. The number of aromatic nitrogens is 2.